The Balaban J connectivity index is 0.00000128. The molecule has 86 valence electrons. The minimum Gasteiger partial charge on any atom is -1.00 e. The summed E-state index contributed by atoms with van der Waals surface area (Å²) in [5, 5.41) is 3.58. The first-order valence-electron chi connectivity index (χ1n) is 5.67. The molecule has 0 unspecified atom stereocenters. The number of hydrogen-bond acceptors (Lipinski definition) is 2. The van der Waals surface area contributed by atoms with Gasteiger partial charge in [0.1, 0.15) is 5.75 Å². The third kappa shape index (κ3) is 4.67. The number of nitrogens with one attached hydrogen (secondary N) is 1. The van der Waals surface area contributed by atoms with Crippen molar-refractivity contribution >= 4 is 8.41 Å². The zero-order valence-corrected chi connectivity index (χ0v) is 13.1. The quantitative estimate of drug-likeness (QED) is 0.694. The summed E-state index contributed by atoms with van der Waals surface area (Å²) in [5.74, 6) is 1.76. The Morgan fingerprint density at radius 2 is 2.06 bits per heavy atom. The minimum atomic E-state index is 0. The van der Waals surface area contributed by atoms with Crippen molar-refractivity contribution in [2.45, 2.75) is 25.8 Å². The smallest absolute Gasteiger partial charge is 1.00 e. The van der Waals surface area contributed by atoms with Crippen LogP contribution in [0, 0.1) is 5.92 Å². The number of piperidine rings is 1. The molecule has 0 spiro atoms. The summed E-state index contributed by atoms with van der Waals surface area (Å²) in [4.78, 5) is 0. The van der Waals surface area contributed by atoms with Crippen LogP contribution in [0.1, 0.15) is 31.4 Å². The van der Waals surface area contributed by atoms with Crippen LogP contribution in [-0.2, 0) is 0 Å². The molecule has 0 bridgehead atoms. The van der Waals surface area contributed by atoms with Gasteiger partial charge in [0, 0.05) is 6.04 Å². The Labute approximate surface area is 128 Å². The maximum atomic E-state index is 5.24. The summed E-state index contributed by atoms with van der Waals surface area (Å²) in [6.07, 6.45) is 2.54. The Hall–Kier alpha value is 0.0449. The van der Waals surface area contributed by atoms with Gasteiger partial charge in [-0.15, -0.1) is 0 Å². The minimum absolute atomic E-state index is 0. The number of ether oxygens (including phenoxy) is 1. The average molecular weight is 239 g/mol. The molecule has 2 rings (SSSR count). The van der Waals surface area contributed by atoms with Crippen LogP contribution < -0.4 is 39.6 Å². The summed E-state index contributed by atoms with van der Waals surface area (Å²) in [6, 6.07) is 8.88. The van der Waals surface area contributed by atoms with Crippen molar-refractivity contribution in [2.24, 2.45) is 5.92 Å². The van der Waals surface area contributed by atoms with Gasteiger partial charge in [0.2, 0.25) is 0 Å². The van der Waals surface area contributed by atoms with Crippen LogP contribution >= 0.6 is 0 Å². The molecule has 1 fully saturated rings. The van der Waals surface area contributed by atoms with Crippen molar-refractivity contribution in [3.63, 3.8) is 0 Å². The maximum absolute atomic E-state index is 5.24. The van der Waals surface area contributed by atoms with E-state index in [1.807, 2.05) is 6.07 Å². The molecule has 2 nitrogen and oxygen atoms in total. The third-order valence-corrected chi connectivity index (χ3v) is 3.16. The summed E-state index contributed by atoms with van der Waals surface area (Å²) in [7, 11) is 1.72. The second-order valence-electron chi connectivity index (χ2n) is 4.42. The van der Waals surface area contributed by atoms with Gasteiger partial charge in [-0.2, -0.15) is 0 Å². The molecule has 1 aromatic rings. The fourth-order valence-corrected chi connectivity index (χ4v) is 2.14. The standard InChI is InChI=1S/C13H19NO.B.Na/c1-10-6-7-13(14-9-10)11-4-3-5-12(8-11)15-2;;/h3-5,8,10,13-14H,6-7,9H2,1-2H3;;/q;-1;+1/t10-,13+;;/m0../s1. The van der Waals surface area contributed by atoms with Crippen LogP contribution in [0.5, 0.6) is 5.75 Å². The van der Waals surface area contributed by atoms with E-state index in [2.05, 4.69) is 30.4 Å². The van der Waals surface area contributed by atoms with Crippen molar-refractivity contribution in [3.8, 4) is 5.75 Å². The molecule has 1 saturated heterocycles. The number of methoxy groups -OCH3 is 1. The van der Waals surface area contributed by atoms with Crippen LogP contribution in [0.4, 0.5) is 0 Å². The van der Waals surface area contributed by atoms with E-state index >= 15 is 0 Å². The van der Waals surface area contributed by atoms with Gasteiger partial charge in [-0.25, -0.2) is 0 Å². The van der Waals surface area contributed by atoms with Crippen molar-refractivity contribution < 1.29 is 34.3 Å². The predicted molar refractivity (Wildman–Crippen MR) is 67.9 cm³/mol. The van der Waals surface area contributed by atoms with Gasteiger partial charge >= 0.3 is 29.6 Å². The second-order valence-corrected chi connectivity index (χ2v) is 4.42. The number of benzene rings is 1. The molecular weight excluding hydrogens is 220 g/mol. The molecule has 17 heavy (non-hydrogen) atoms. The van der Waals surface area contributed by atoms with Gasteiger partial charge in [0.05, 0.1) is 7.11 Å². The zero-order valence-electron chi connectivity index (χ0n) is 11.1. The molecule has 0 saturated carbocycles. The van der Waals surface area contributed by atoms with Crippen LogP contribution in [0.2, 0.25) is 0 Å². The number of hydrogen-bond donors (Lipinski definition) is 1. The van der Waals surface area contributed by atoms with E-state index in [0.29, 0.717) is 6.04 Å². The van der Waals surface area contributed by atoms with Crippen molar-refractivity contribution in [1.29, 1.82) is 0 Å². The summed E-state index contributed by atoms with van der Waals surface area (Å²) >= 11 is 0. The molecule has 0 amide bonds. The Kier molecular flexibility index (Phi) is 8.22. The maximum Gasteiger partial charge on any atom is 1.00 e. The molecule has 1 aliphatic rings. The molecule has 4 radical (unpaired) electrons. The molecule has 0 aliphatic carbocycles. The van der Waals surface area contributed by atoms with Crippen molar-refractivity contribution in [3.05, 3.63) is 29.8 Å². The average Bonchev–Trinajstić information content (AvgIpc) is 2.30. The van der Waals surface area contributed by atoms with Crippen LogP contribution in [-0.4, -0.2) is 22.1 Å². The van der Waals surface area contributed by atoms with E-state index in [1.54, 1.807) is 7.11 Å². The van der Waals surface area contributed by atoms with E-state index in [0.717, 1.165) is 18.2 Å². The van der Waals surface area contributed by atoms with E-state index < -0.39 is 0 Å². The predicted octanol–water partition coefficient (Wildman–Crippen LogP) is -0.621. The van der Waals surface area contributed by atoms with Gasteiger partial charge in [-0.1, -0.05) is 19.1 Å². The van der Waals surface area contributed by atoms with Crippen molar-refractivity contribution in [1.82, 2.24) is 5.32 Å². The van der Waals surface area contributed by atoms with Crippen LogP contribution in [0.15, 0.2) is 24.3 Å². The van der Waals surface area contributed by atoms with E-state index in [4.69, 9.17) is 4.74 Å². The summed E-state index contributed by atoms with van der Waals surface area (Å²) in [6.45, 7) is 3.43. The van der Waals surface area contributed by atoms with Crippen molar-refractivity contribution in [2.75, 3.05) is 13.7 Å². The summed E-state index contributed by atoms with van der Waals surface area (Å²) in [5.41, 5.74) is 1.35. The zero-order chi connectivity index (χ0) is 10.7. The van der Waals surface area contributed by atoms with E-state index in [9.17, 15) is 0 Å². The third-order valence-electron chi connectivity index (χ3n) is 3.16. The van der Waals surface area contributed by atoms with Gasteiger partial charge in [0.25, 0.3) is 0 Å². The largest absolute Gasteiger partial charge is 1.00 e. The fourth-order valence-electron chi connectivity index (χ4n) is 2.14. The fraction of sp³-hybridized carbons (Fsp3) is 0.538. The van der Waals surface area contributed by atoms with E-state index in [1.165, 1.54) is 18.4 Å². The molecule has 0 aromatic heterocycles. The van der Waals surface area contributed by atoms with Gasteiger partial charge in [0.15, 0.2) is 0 Å². The van der Waals surface area contributed by atoms with Gasteiger partial charge in [-0.3, -0.25) is 0 Å². The number of rotatable bonds is 2. The molecular formula is C13H19BNNaO. The monoisotopic (exact) mass is 239 g/mol. The SMILES string of the molecule is COc1cccc([C@H]2CC[C@H](C)CN2)c1.[B-].[Na+]. The molecule has 2 atom stereocenters. The molecule has 1 heterocycles. The van der Waals surface area contributed by atoms with Crippen LogP contribution in [0.25, 0.3) is 0 Å². The topological polar surface area (TPSA) is 21.3 Å². The first-order chi connectivity index (χ1) is 7.29. The Morgan fingerprint density at radius 1 is 1.29 bits per heavy atom. The molecule has 4 heteroatoms. The summed E-state index contributed by atoms with van der Waals surface area (Å²) < 4.78 is 5.24. The molecule has 1 N–H and O–H groups in total. The first kappa shape index (κ1) is 17.0. The Morgan fingerprint density at radius 3 is 2.65 bits per heavy atom. The Bertz CT molecular complexity index is 327. The van der Waals surface area contributed by atoms with Gasteiger partial charge in [-0.05, 0) is 43.0 Å². The van der Waals surface area contributed by atoms with Gasteiger partial charge < -0.3 is 18.5 Å². The van der Waals surface area contributed by atoms with E-state index in [-0.39, 0.29) is 38.0 Å². The van der Waals surface area contributed by atoms with Crippen LogP contribution in [0.3, 0.4) is 0 Å². The first-order valence-corrected chi connectivity index (χ1v) is 5.67. The molecule has 1 aromatic carbocycles. The normalized spacial score (nSPS) is 23.2. The second kappa shape index (κ2) is 8.20. The molecule has 1 aliphatic heterocycles.